The van der Waals surface area contributed by atoms with Crippen molar-refractivity contribution in [2.24, 2.45) is 7.05 Å². The predicted octanol–water partition coefficient (Wildman–Crippen LogP) is 6.55. The van der Waals surface area contributed by atoms with Crippen LogP contribution in [0.3, 0.4) is 0 Å². The molecule has 0 fully saturated rings. The predicted molar refractivity (Wildman–Crippen MR) is 111 cm³/mol. The number of aryl methyl sites for hydroxylation is 1. The number of nitrogens with zero attached hydrogens (tertiary/aromatic N) is 3. The number of hydrogen-bond acceptors (Lipinski definition) is 4. The van der Waals surface area contributed by atoms with Crippen LogP contribution in [0.5, 0.6) is 0 Å². The summed E-state index contributed by atoms with van der Waals surface area (Å²) < 4.78 is 113. The van der Waals surface area contributed by atoms with Crippen LogP contribution in [0, 0.1) is 0 Å². The maximum absolute atomic E-state index is 13.9. The summed E-state index contributed by atoms with van der Waals surface area (Å²) in [5.41, 5.74) is -6.81. The average Bonchev–Trinajstić information content (AvgIpc) is 3.36. The van der Waals surface area contributed by atoms with Gasteiger partial charge in [0.25, 0.3) is 5.91 Å². The molecule has 1 aromatic carbocycles. The van der Waals surface area contributed by atoms with Crippen molar-refractivity contribution < 1.29 is 44.4 Å². The van der Waals surface area contributed by atoms with Crippen molar-refractivity contribution in [1.29, 1.82) is 0 Å². The number of nitrogens with one attached hydrogen (secondary N) is 1. The maximum Gasteiger partial charge on any atom is 0.459 e. The first-order valence-corrected chi connectivity index (χ1v) is 10.2. The zero-order chi connectivity index (χ0) is 27.2. The Morgan fingerprint density at radius 1 is 1.14 bits per heavy atom. The average molecular weight is 563 g/mol. The van der Waals surface area contributed by atoms with Crippen molar-refractivity contribution in [3.05, 3.63) is 57.7 Å². The third-order valence-corrected chi connectivity index (χ3v) is 5.14. The van der Waals surface area contributed by atoms with Crippen LogP contribution in [0.1, 0.15) is 21.6 Å². The minimum Gasteiger partial charge on any atom is -0.356 e. The van der Waals surface area contributed by atoms with E-state index in [-0.39, 0.29) is 38.2 Å². The first-order chi connectivity index (χ1) is 16.4. The summed E-state index contributed by atoms with van der Waals surface area (Å²) in [5, 5.41) is 8.71. The van der Waals surface area contributed by atoms with Crippen LogP contribution in [-0.2, 0) is 19.1 Å². The fraction of sp³-hybridized carbons (Fsp3) is 0.250. The summed E-state index contributed by atoms with van der Waals surface area (Å²) in [6.45, 7) is 3.30. The molecule has 2 aromatic heterocycles. The molecule has 0 aliphatic rings. The number of carbonyl (C=O) groups is 1. The monoisotopic (exact) mass is 562 g/mol. The molecule has 3 aromatic rings. The molecule has 0 saturated heterocycles. The maximum atomic E-state index is 13.9. The minimum atomic E-state index is -6.34. The number of alkyl halides is 8. The van der Waals surface area contributed by atoms with Crippen molar-refractivity contribution in [1.82, 2.24) is 20.3 Å². The van der Waals surface area contributed by atoms with E-state index in [4.69, 9.17) is 27.7 Å². The summed E-state index contributed by atoms with van der Waals surface area (Å²) in [5.74, 6) is -6.85. The molecule has 0 atom stereocenters. The molecule has 1 amide bonds. The molecule has 0 spiro atoms. The highest BCUT2D eigenvalue weighted by Gasteiger charge is 2.64. The summed E-state index contributed by atoms with van der Waals surface area (Å²) in [4.78, 5) is 12.3. The molecule has 3 rings (SSSR count). The summed E-state index contributed by atoms with van der Waals surface area (Å²) in [6, 6.07) is 4.61. The Morgan fingerprint density at radius 3 is 2.33 bits per heavy atom. The number of hydrogen-bond donors (Lipinski definition) is 1. The van der Waals surface area contributed by atoms with Gasteiger partial charge in [-0.05, 0) is 18.2 Å². The zero-order valence-corrected chi connectivity index (χ0v) is 19.2. The fourth-order valence-corrected chi connectivity index (χ4v) is 3.36. The molecule has 6 nitrogen and oxygen atoms in total. The second kappa shape index (κ2) is 9.39. The molecule has 0 aliphatic carbocycles. The largest absolute Gasteiger partial charge is 0.459 e. The molecule has 0 aliphatic heterocycles. The Bertz CT molecular complexity index is 1330. The third kappa shape index (κ3) is 5.19. The Morgan fingerprint density at radius 2 is 1.78 bits per heavy atom. The number of rotatable bonds is 6. The molecule has 2 heterocycles. The highest BCUT2D eigenvalue weighted by molar-refractivity contribution is 6.34. The first-order valence-electron chi connectivity index (χ1n) is 9.42. The Kier molecular flexibility index (Phi) is 7.16. The lowest BCUT2D eigenvalue weighted by Gasteiger charge is -2.19. The summed E-state index contributed by atoms with van der Waals surface area (Å²) in [6.07, 6.45) is -12.0. The van der Waals surface area contributed by atoms with Gasteiger partial charge in [0.15, 0.2) is 11.5 Å². The molecule has 194 valence electrons. The van der Waals surface area contributed by atoms with Crippen LogP contribution < -0.4 is 5.32 Å². The van der Waals surface area contributed by atoms with Gasteiger partial charge < -0.3 is 9.84 Å². The lowest BCUT2D eigenvalue weighted by atomic mass is 10.0. The van der Waals surface area contributed by atoms with Crippen molar-refractivity contribution in [2.75, 3.05) is 6.54 Å². The number of benzene rings is 1. The third-order valence-electron chi connectivity index (χ3n) is 4.67. The van der Waals surface area contributed by atoms with Crippen molar-refractivity contribution in [3.63, 3.8) is 0 Å². The van der Waals surface area contributed by atoms with E-state index in [1.54, 1.807) is 0 Å². The number of aromatic nitrogens is 3. The summed E-state index contributed by atoms with van der Waals surface area (Å²) in [7, 11) is 0.740. The lowest BCUT2D eigenvalue weighted by Crippen LogP contribution is -2.36. The highest BCUT2D eigenvalue weighted by Crippen LogP contribution is 2.50. The van der Waals surface area contributed by atoms with Crippen LogP contribution in [0.4, 0.5) is 35.1 Å². The smallest absolute Gasteiger partial charge is 0.356 e. The first kappa shape index (κ1) is 27.5. The Hall–Kier alpha value is -3.13. The van der Waals surface area contributed by atoms with Gasteiger partial charge in [0.05, 0.1) is 17.1 Å². The van der Waals surface area contributed by atoms with E-state index in [9.17, 15) is 39.9 Å². The van der Waals surface area contributed by atoms with Crippen molar-refractivity contribution >= 4 is 29.1 Å². The normalized spacial score (nSPS) is 12.6. The van der Waals surface area contributed by atoms with Crippen LogP contribution in [0.2, 0.25) is 5.02 Å². The van der Waals surface area contributed by atoms with Crippen LogP contribution in [0.15, 0.2) is 40.4 Å². The zero-order valence-electron chi connectivity index (χ0n) is 17.7. The van der Waals surface area contributed by atoms with Gasteiger partial charge in [0.2, 0.25) is 0 Å². The number of amides is 1. The molecule has 16 heteroatoms. The minimum absolute atomic E-state index is 0.0128. The lowest BCUT2D eigenvalue weighted by molar-refractivity contribution is -0.292. The molecule has 36 heavy (non-hydrogen) atoms. The second-order valence-electron chi connectivity index (χ2n) is 7.24. The quantitative estimate of drug-likeness (QED) is 0.346. The van der Waals surface area contributed by atoms with Crippen LogP contribution >= 0.6 is 23.2 Å². The highest BCUT2D eigenvalue weighted by atomic mass is 35.5. The van der Waals surface area contributed by atoms with E-state index in [1.165, 1.54) is 18.2 Å². The molecule has 0 bridgehead atoms. The standard InChI is InChI=1S/C20H12Cl2F8N4O2/c1-8(21)7-31-17(35)10-5-9(3-4-11(10)22)13-6-12(33-36-13)15-14(19(25,26)27)16(32-34(15)2)18(23,24)20(28,29)30/h3-6H,1,7H2,2H3,(H,31,35). The number of halogens is 10. The fourth-order valence-electron chi connectivity index (χ4n) is 3.09. The van der Waals surface area contributed by atoms with E-state index in [1.807, 2.05) is 0 Å². The van der Waals surface area contributed by atoms with Gasteiger partial charge in [-0.2, -0.15) is 40.2 Å². The van der Waals surface area contributed by atoms with E-state index in [2.05, 4.69) is 22.2 Å². The van der Waals surface area contributed by atoms with Gasteiger partial charge in [-0.1, -0.05) is 34.9 Å². The van der Waals surface area contributed by atoms with Crippen molar-refractivity contribution in [3.8, 4) is 22.7 Å². The van der Waals surface area contributed by atoms with Gasteiger partial charge in [0.1, 0.15) is 17.0 Å². The van der Waals surface area contributed by atoms with Gasteiger partial charge in [-0.3, -0.25) is 9.48 Å². The van der Waals surface area contributed by atoms with Crippen LogP contribution in [-0.4, -0.2) is 33.6 Å². The second-order valence-corrected chi connectivity index (χ2v) is 8.18. The van der Waals surface area contributed by atoms with E-state index in [0.29, 0.717) is 0 Å². The van der Waals surface area contributed by atoms with Crippen molar-refractivity contribution in [2.45, 2.75) is 18.3 Å². The molecule has 0 radical (unpaired) electrons. The van der Waals surface area contributed by atoms with Crippen LogP contribution in [0.25, 0.3) is 22.7 Å². The molecular formula is C20H12Cl2F8N4O2. The molecule has 0 unspecified atom stereocenters. The van der Waals surface area contributed by atoms with E-state index < -0.39 is 46.8 Å². The SMILES string of the molecule is C=C(Cl)CNC(=O)c1cc(-c2cc(-c3c(C(F)(F)F)c(C(F)(F)C(F)(F)F)nn3C)no2)ccc1Cl. The van der Waals surface area contributed by atoms with Gasteiger partial charge in [-0.15, -0.1) is 0 Å². The topological polar surface area (TPSA) is 73.0 Å². The number of carbonyl (C=O) groups excluding carboxylic acids is 1. The van der Waals surface area contributed by atoms with Gasteiger partial charge >= 0.3 is 18.3 Å². The van der Waals surface area contributed by atoms with Gasteiger partial charge in [-0.25, -0.2) is 0 Å². The summed E-state index contributed by atoms with van der Waals surface area (Å²) >= 11 is 11.6. The Labute approximate surface area is 206 Å². The molecule has 1 N–H and O–H groups in total. The van der Waals surface area contributed by atoms with E-state index in [0.717, 1.165) is 13.1 Å². The van der Waals surface area contributed by atoms with E-state index >= 15 is 0 Å². The molecule has 0 saturated carbocycles. The Balaban J connectivity index is 2.10. The van der Waals surface area contributed by atoms with Gasteiger partial charge in [0, 0.05) is 23.7 Å². The molecular weight excluding hydrogens is 551 g/mol.